The zero-order chi connectivity index (χ0) is 19.9. The van der Waals surface area contributed by atoms with E-state index in [0.29, 0.717) is 19.6 Å². The van der Waals surface area contributed by atoms with Crippen LogP contribution in [0.25, 0.3) is 0 Å². The van der Waals surface area contributed by atoms with E-state index in [-0.39, 0.29) is 18.4 Å². The zero-order valence-electron chi connectivity index (χ0n) is 16.6. The quantitative estimate of drug-likeness (QED) is 0.714. The maximum Gasteiger partial charge on any atom is 0.279 e. The molecule has 0 bridgehead atoms. The van der Waals surface area contributed by atoms with E-state index in [2.05, 4.69) is 15.2 Å². The van der Waals surface area contributed by atoms with E-state index in [0.717, 1.165) is 35.1 Å². The summed E-state index contributed by atoms with van der Waals surface area (Å²) >= 11 is 0. The lowest BCUT2D eigenvalue weighted by Gasteiger charge is -2.31. The van der Waals surface area contributed by atoms with Gasteiger partial charge in [0.1, 0.15) is 13.1 Å². The fourth-order valence-corrected chi connectivity index (χ4v) is 3.33. The highest BCUT2D eigenvalue weighted by atomic mass is 16.2. The van der Waals surface area contributed by atoms with E-state index >= 15 is 0 Å². The number of hydrogen-bond donors (Lipinski definition) is 2. The molecule has 2 heterocycles. The fraction of sp³-hybridized carbons (Fsp3) is 0.381. The highest BCUT2D eigenvalue weighted by molar-refractivity contribution is 5.91. The molecule has 3 N–H and O–H groups in total. The number of rotatable bonds is 6. The molecule has 1 aliphatic heterocycles. The first-order chi connectivity index (χ1) is 13.5. The van der Waals surface area contributed by atoms with Gasteiger partial charge in [-0.05, 0) is 25.1 Å². The number of piperazine rings is 1. The molecular formula is C21H29N5O2+2. The Kier molecular flexibility index (Phi) is 6.60. The van der Waals surface area contributed by atoms with Crippen LogP contribution in [0.3, 0.4) is 0 Å². The second kappa shape index (κ2) is 9.32. The number of amides is 2. The molecule has 2 aromatic rings. The molecule has 3 rings (SSSR count). The number of aromatic nitrogens is 1. The maximum atomic E-state index is 12.6. The van der Waals surface area contributed by atoms with Crippen LogP contribution < -0.4 is 20.1 Å². The molecule has 1 fully saturated rings. The van der Waals surface area contributed by atoms with Gasteiger partial charge in [-0.3, -0.25) is 14.5 Å². The van der Waals surface area contributed by atoms with Crippen LogP contribution in [0.15, 0.2) is 48.7 Å². The van der Waals surface area contributed by atoms with Crippen LogP contribution in [0.2, 0.25) is 0 Å². The lowest BCUT2D eigenvalue weighted by Crippen LogP contribution is -3.11. The van der Waals surface area contributed by atoms with Crippen molar-refractivity contribution in [2.45, 2.75) is 6.92 Å². The molecular weight excluding hydrogens is 354 g/mol. The number of pyridine rings is 1. The van der Waals surface area contributed by atoms with Crippen LogP contribution in [0.5, 0.6) is 0 Å². The van der Waals surface area contributed by atoms with Gasteiger partial charge >= 0.3 is 0 Å². The summed E-state index contributed by atoms with van der Waals surface area (Å²) in [4.78, 5) is 33.0. The molecule has 1 unspecified atom stereocenters. The number of anilines is 2. The summed E-state index contributed by atoms with van der Waals surface area (Å²) in [6.45, 7) is 5.59. The van der Waals surface area contributed by atoms with Crippen LogP contribution in [0.1, 0.15) is 5.56 Å². The van der Waals surface area contributed by atoms with Crippen molar-refractivity contribution in [3.05, 3.63) is 54.2 Å². The number of quaternary nitrogens is 1. The minimum atomic E-state index is -0.0846. The molecule has 0 saturated carbocycles. The summed E-state index contributed by atoms with van der Waals surface area (Å²) in [5.41, 5.74) is 1.93. The van der Waals surface area contributed by atoms with Crippen LogP contribution >= 0.6 is 0 Å². The molecule has 1 atom stereocenters. The van der Waals surface area contributed by atoms with Crippen molar-refractivity contribution in [2.24, 2.45) is 0 Å². The maximum absolute atomic E-state index is 12.6. The number of aromatic amines is 1. The molecule has 7 nitrogen and oxygen atoms in total. The molecule has 1 aromatic heterocycles. The van der Waals surface area contributed by atoms with Gasteiger partial charge in [-0.1, -0.05) is 23.8 Å². The third-order valence-corrected chi connectivity index (χ3v) is 4.92. The van der Waals surface area contributed by atoms with Gasteiger partial charge in [0.15, 0.2) is 13.1 Å². The standard InChI is InChI=1S/C21H27N5O2/c1-17-6-8-18(9-7-17)23-20(27)15-24(2)16-21(28)26-13-11-25(12-14-26)19-5-3-4-10-22-19/h3-10H,11-16H2,1-2H3,(H,23,27)/p+2. The Balaban J connectivity index is 1.41. The van der Waals surface area contributed by atoms with Crippen LogP contribution in [0, 0.1) is 6.92 Å². The Morgan fingerprint density at radius 3 is 2.39 bits per heavy atom. The van der Waals surface area contributed by atoms with Crippen molar-refractivity contribution in [2.75, 3.05) is 56.5 Å². The summed E-state index contributed by atoms with van der Waals surface area (Å²) in [5.74, 6) is 1.08. The summed E-state index contributed by atoms with van der Waals surface area (Å²) < 4.78 is 0. The number of H-pyrrole nitrogens is 1. The van der Waals surface area contributed by atoms with Crippen molar-refractivity contribution in [1.82, 2.24) is 4.90 Å². The monoisotopic (exact) mass is 383 g/mol. The van der Waals surface area contributed by atoms with Gasteiger partial charge in [-0.2, -0.15) is 0 Å². The first-order valence-electron chi connectivity index (χ1n) is 9.68. The van der Waals surface area contributed by atoms with Gasteiger partial charge in [0.2, 0.25) is 0 Å². The predicted molar refractivity (Wildman–Crippen MR) is 108 cm³/mol. The number of nitrogens with zero attached hydrogens (tertiary/aromatic N) is 2. The minimum absolute atomic E-state index is 0.0846. The van der Waals surface area contributed by atoms with Crippen molar-refractivity contribution in [1.29, 1.82) is 0 Å². The van der Waals surface area contributed by atoms with Gasteiger partial charge < -0.3 is 15.1 Å². The molecule has 1 aromatic carbocycles. The molecule has 2 amide bonds. The van der Waals surface area contributed by atoms with E-state index in [4.69, 9.17) is 0 Å². The van der Waals surface area contributed by atoms with Crippen molar-refractivity contribution >= 4 is 23.3 Å². The Bertz CT molecular complexity index is 786. The smallest absolute Gasteiger partial charge is 0.279 e. The van der Waals surface area contributed by atoms with Crippen molar-refractivity contribution < 1.29 is 19.5 Å². The number of aryl methyl sites for hydroxylation is 1. The Morgan fingerprint density at radius 1 is 1.04 bits per heavy atom. The third kappa shape index (κ3) is 5.53. The average molecular weight is 383 g/mol. The Labute approximate surface area is 166 Å². The number of likely N-dealkylation sites (N-methyl/N-ethyl adjacent to an activating group) is 1. The van der Waals surface area contributed by atoms with Crippen molar-refractivity contribution in [3.8, 4) is 0 Å². The van der Waals surface area contributed by atoms with Crippen LogP contribution in [0.4, 0.5) is 11.5 Å². The molecule has 1 saturated heterocycles. The van der Waals surface area contributed by atoms with E-state index in [9.17, 15) is 9.59 Å². The van der Waals surface area contributed by atoms with E-state index in [1.54, 1.807) is 0 Å². The lowest BCUT2D eigenvalue weighted by atomic mass is 10.2. The molecule has 0 aliphatic carbocycles. The summed E-state index contributed by atoms with van der Waals surface area (Å²) in [6, 6.07) is 13.7. The van der Waals surface area contributed by atoms with Gasteiger partial charge in [0.05, 0.1) is 26.3 Å². The SMILES string of the molecule is Cc1ccc(NC(=O)C[NH+](C)CC(=O)N2CCN(c3cccc[nH+]3)CC2)cc1. The van der Waals surface area contributed by atoms with Gasteiger partial charge in [-0.25, -0.2) is 4.98 Å². The van der Waals surface area contributed by atoms with Gasteiger partial charge in [0, 0.05) is 11.8 Å². The second-order valence-electron chi connectivity index (χ2n) is 7.34. The summed E-state index contributed by atoms with van der Waals surface area (Å²) in [5, 5.41) is 2.88. The molecule has 1 aliphatic rings. The number of nitrogens with one attached hydrogen (secondary N) is 3. The first-order valence-corrected chi connectivity index (χ1v) is 9.68. The second-order valence-corrected chi connectivity index (χ2v) is 7.34. The number of carbonyl (C=O) groups excluding carboxylic acids is 2. The normalized spacial score (nSPS) is 15.2. The van der Waals surface area contributed by atoms with Crippen LogP contribution in [-0.4, -0.2) is 63.0 Å². The highest BCUT2D eigenvalue weighted by Crippen LogP contribution is 2.10. The number of benzene rings is 1. The lowest BCUT2D eigenvalue weighted by molar-refractivity contribution is -0.862. The molecule has 0 spiro atoms. The Morgan fingerprint density at radius 2 is 1.75 bits per heavy atom. The summed E-state index contributed by atoms with van der Waals surface area (Å²) in [6.07, 6.45) is 1.91. The van der Waals surface area contributed by atoms with E-state index in [1.807, 2.05) is 67.5 Å². The van der Waals surface area contributed by atoms with Gasteiger partial charge in [0.25, 0.3) is 17.6 Å². The minimum Gasteiger partial charge on any atom is -0.330 e. The van der Waals surface area contributed by atoms with Crippen molar-refractivity contribution in [3.63, 3.8) is 0 Å². The van der Waals surface area contributed by atoms with E-state index < -0.39 is 0 Å². The summed E-state index contributed by atoms with van der Waals surface area (Å²) in [7, 11) is 1.88. The van der Waals surface area contributed by atoms with Crippen LogP contribution in [-0.2, 0) is 9.59 Å². The first kappa shape index (κ1) is 19.8. The largest absolute Gasteiger partial charge is 0.330 e. The molecule has 28 heavy (non-hydrogen) atoms. The number of carbonyl (C=O) groups is 2. The fourth-order valence-electron chi connectivity index (χ4n) is 3.33. The third-order valence-electron chi connectivity index (χ3n) is 4.92. The predicted octanol–water partition coefficient (Wildman–Crippen LogP) is -0.389. The molecule has 148 valence electrons. The highest BCUT2D eigenvalue weighted by Gasteiger charge is 2.27. The van der Waals surface area contributed by atoms with E-state index in [1.165, 1.54) is 0 Å². The van der Waals surface area contributed by atoms with Gasteiger partial charge in [-0.15, -0.1) is 0 Å². The molecule has 0 radical (unpaired) electrons. The topological polar surface area (TPSA) is 71.2 Å². The Hall–Kier alpha value is -2.93. The zero-order valence-corrected chi connectivity index (χ0v) is 16.6. The molecule has 7 heteroatoms. The number of hydrogen-bond acceptors (Lipinski definition) is 3. The average Bonchev–Trinajstić information content (AvgIpc) is 2.70.